The van der Waals surface area contributed by atoms with Gasteiger partial charge in [0.2, 0.25) is 0 Å². The fourth-order valence-corrected chi connectivity index (χ4v) is 1.97. The molecule has 110 valence electrons. The SMILES string of the molecule is CC(C)(C)c1cc(C(C)(C)Cl)cc(C(C)(C)Cl)c1.Cl. The number of hydrogen-bond donors (Lipinski definition) is 0. The van der Waals surface area contributed by atoms with Crippen molar-refractivity contribution in [1.29, 1.82) is 0 Å². The lowest BCUT2D eigenvalue weighted by molar-refractivity contribution is 0.584. The predicted octanol–water partition coefficient (Wildman–Crippen LogP) is 6.35. The molecular weight excluding hydrogens is 299 g/mol. The maximum absolute atomic E-state index is 6.46. The highest BCUT2D eigenvalue weighted by atomic mass is 35.5. The van der Waals surface area contributed by atoms with E-state index in [1.807, 2.05) is 27.7 Å². The van der Waals surface area contributed by atoms with Crippen LogP contribution >= 0.6 is 35.6 Å². The van der Waals surface area contributed by atoms with Gasteiger partial charge < -0.3 is 0 Å². The Bertz CT molecular complexity index is 350. The second-order valence-electron chi connectivity index (χ2n) is 6.99. The number of rotatable bonds is 2. The maximum Gasteiger partial charge on any atom is 0.0639 e. The molecule has 0 N–H and O–H groups in total. The van der Waals surface area contributed by atoms with Crippen molar-refractivity contribution in [2.75, 3.05) is 0 Å². The first-order chi connectivity index (χ1) is 7.82. The number of hydrogen-bond acceptors (Lipinski definition) is 0. The van der Waals surface area contributed by atoms with E-state index in [1.54, 1.807) is 0 Å². The first-order valence-corrected chi connectivity index (χ1v) is 7.12. The molecule has 0 bridgehead atoms. The predicted molar refractivity (Wildman–Crippen MR) is 90.1 cm³/mol. The molecule has 0 fully saturated rings. The van der Waals surface area contributed by atoms with Crippen LogP contribution in [0.1, 0.15) is 65.2 Å². The highest BCUT2D eigenvalue weighted by Gasteiger charge is 2.25. The molecule has 1 aromatic carbocycles. The Morgan fingerprint density at radius 3 is 1.11 bits per heavy atom. The van der Waals surface area contributed by atoms with Crippen molar-refractivity contribution in [3.8, 4) is 0 Å². The van der Waals surface area contributed by atoms with E-state index < -0.39 is 0 Å². The van der Waals surface area contributed by atoms with Gasteiger partial charge in [0.1, 0.15) is 0 Å². The van der Waals surface area contributed by atoms with Crippen LogP contribution in [-0.2, 0) is 15.2 Å². The van der Waals surface area contributed by atoms with Crippen molar-refractivity contribution in [2.45, 2.75) is 63.6 Å². The lowest BCUT2D eigenvalue weighted by atomic mass is 9.82. The third-order valence-corrected chi connectivity index (χ3v) is 3.61. The van der Waals surface area contributed by atoms with Gasteiger partial charge in [0.05, 0.1) is 9.75 Å². The molecule has 19 heavy (non-hydrogen) atoms. The highest BCUT2D eigenvalue weighted by Crippen LogP contribution is 2.37. The standard InChI is InChI=1S/C16H24Cl2.ClH/c1-14(2,3)11-8-12(15(4,5)17)10-13(9-11)16(6,7)18;/h8-10H,1-7H3;1H. The summed E-state index contributed by atoms with van der Waals surface area (Å²) in [6.07, 6.45) is 0. The van der Waals surface area contributed by atoms with Crippen LogP contribution in [0.25, 0.3) is 0 Å². The Kier molecular flexibility index (Phi) is 5.86. The minimum absolute atomic E-state index is 0. The minimum atomic E-state index is -0.377. The van der Waals surface area contributed by atoms with Gasteiger partial charge in [-0.3, -0.25) is 0 Å². The van der Waals surface area contributed by atoms with Gasteiger partial charge >= 0.3 is 0 Å². The van der Waals surface area contributed by atoms with Crippen molar-refractivity contribution < 1.29 is 0 Å². The summed E-state index contributed by atoms with van der Waals surface area (Å²) in [4.78, 5) is -0.754. The molecule has 0 nitrogen and oxygen atoms in total. The van der Waals surface area contributed by atoms with E-state index >= 15 is 0 Å². The van der Waals surface area contributed by atoms with Gasteiger partial charge in [0, 0.05) is 0 Å². The van der Waals surface area contributed by atoms with Crippen molar-refractivity contribution in [3.05, 3.63) is 34.9 Å². The molecule has 0 atom stereocenters. The number of benzene rings is 1. The van der Waals surface area contributed by atoms with Crippen LogP contribution in [0.4, 0.5) is 0 Å². The Hall–Kier alpha value is 0.0900. The largest absolute Gasteiger partial charge is 0.147 e. The van der Waals surface area contributed by atoms with Crippen LogP contribution in [0.3, 0.4) is 0 Å². The summed E-state index contributed by atoms with van der Waals surface area (Å²) in [5, 5.41) is 0. The van der Waals surface area contributed by atoms with Crippen molar-refractivity contribution in [1.82, 2.24) is 0 Å². The van der Waals surface area contributed by atoms with Crippen LogP contribution in [0.5, 0.6) is 0 Å². The summed E-state index contributed by atoms with van der Waals surface area (Å²) >= 11 is 12.9. The van der Waals surface area contributed by atoms with Crippen LogP contribution < -0.4 is 0 Å². The number of halogens is 3. The maximum atomic E-state index is 6.46. The first-order valence-electron chi connectivity index (χ1n) is 6.36. The first kappa shape index (κ1) is 19.1. The van der Waals surface area contributed by atoms with E-state index in [0.29, 0.717) is 0 Å². The summed E-state index contributed by atoms with van der Waals surface area (Å²) in [6, 6.07) is 6.51. The quantitative estimate of drug-likeness (QED) is 0.556. The fraction of sp³-hybridized carbons (Fsp3) is 0.625. The zero-order valence-corrected chi connectivity index (χ0v) is 15.2. The van der Waals surface area contributed by atoms with Gasteiger partial charge in [-0.05, 0) is 49.8 Å². The molecule has 0 unspecified atom stereocenters. The fourth-order valence-electron chi connectivity index (χ4n) is 1.75. The van der Waals surface area contributed by atoms with E-state index in [9.17, 15) is 0 Å². The van der Waals surface area contributed by atoms with Crippen LogP contribution in [-0.4, -0.2) is 0 Å². The lowest BCUT2D eigenvalue weighted by Crippen LogP contribution is -2.18. The molecule has 0 aliphatic rings. The average molecular weight is 324 g/mol. The molecule has 0 amide bonds. The smallest absolute Gasteiger partial charge is 0.0639 e. The van der Waals surface area contributed by atoms with Crippen molar-refractivity contribution in [3.63, 3.8) is 0 Å². The third kappa shape index (κ3) is 5.17. The van der Waals surface area contributed by atoms with Gasteiger partial charge in [-0.15, -0.1) is 35.6 Å². The molecule has 0 heterocycles. The molecule has 0 radical (unpaired) electrons. The highest BCUT2D eigenvalue weighted by molar-refractivity contribution is 6.24. The molecule has 0 aliphatic heterocycles. The molecule has 0 saturated heterocycles. The molecule has 1 rings (SSSR count). The summed E-state index contributed by atoms with van der Waals surface area (Å²) in [7, 11) is 0. The second kappa shape index (κ2) is 5.84. The summed E-state index contributed by atoms with van der Waals surface area (Å²) < 4.78 is 0. The monoisotopic (exact) mass is 322 g/mol. The molecule has 3 heteroatoms. The van der Waals surface area contributed by atoms with Gasteiger partial charge in [-0.25, -0.2) is 0 Å². The zero-order valence-electron chi connectivity index (χ0n) is 12.9. The molecule has 0 aromatic heterocycles. The van der Waals surface area contributed by atoms with E-state index in [-0.39, 0.29) is 27.6 Å². The summed E-state index contributed by atoms with van der Waals surface area (Å²) in [5.41, 5.74) is 3.62. The van der Waals surface area contributed by atoms with Crippen molar-refractivity contribution in [2.24, 2.45) is 0 Å². The third-order valence-electron chi connectivity index (χ3n) is 3.17. The van der Waals surface area contributed by atoms with E-state index in [4.69, 9.17) is 23.2 Å². The Labute approximate surface area is 134 Å². The lowest BCUT2D eigenvalue weighted by Gasteiger charge is -2.27. The summed E-state index contributed by atoms with van der Waals surface area (Å²) in [6.45, 7) is 14.7. The normalized spacial score (nSPS) is 13.1. The molecular formula is C16H25Cl3. The van der Waals surface area contributed by atoms with Gasteiger partial charge in [0.15, 0.2) is 0 Å². The Balaban J connectivity index is 0.00000324. The number of alkyl halides is 2. The summed E-state index contributed by atoms with van der Waals surface area (Å²) in [5.74, 6) is 0. The minimum Gasteiger partial charge on any atom is -0.147 e. The van der Waals surface area contributed by atoms with E-state index in [0.717, 1.165) is 11.1 Å². The molecule has 0 aliphatic carbocycles. The van der Waals surface area contributed by atoms with E-state index in [2.05, 4.69) is 39.0 Å². The Morgan fingerprint density at radius 1 is 0.632 bits per heavy atom. The topological polar surface area (TPSA) is 0 Å². The molecule has 1 aromatic rings. The van der Waals surface area contributed by atoms with Gasteiger partial charge in [-0.1, -0.05) is 39.0 Å². The van der Waals surface area contributed by atoms with Crippen LogP contribution in [0.15, 0.2) is 18.2 Å². The van der Waals surface area contributed by atoms with E-state index in [1.165, 1.54) is 5.56 Å². The van der Waals surface area contributed by atoms with Crippen LogP contribution in [0.2, 0.25) is 0 Å². The second-order valence-corrected chi connectivity index (χ2v) is 8.88. The van der Waals surface area contributed by atoms with Crippen LogP contribution in [0, 0.1) is 0 Å². The Morgan fingerprint density at radius 2 is 0.895 bits per heavy atom. The van der Waals surface area contributed by atoms with Crippen molar-refractivity contribution >= 4 is 35.6 Å². The average Bonchev–Trinajstić information content (AvgIpc) is 2.13. The molecule has 0 spiro atoms. The molecule has 0 saturated carbocycles. The van der Waals surface area contributed by atoms with Gasteiger partial charge in [0.25, 0.3) is 0 Å². The zero-order chi connectivity index (χ0) is 14.4. The van der Waals surface area contributed by atoms with Gasteiger partial charge in [-0.2, -0.15) is 0 Å².